The molecule has 1 aliphatic rings. The van der Waals surface area contributed by atoms with Crippen molar-refractivity contribution in [3.8, 4) is 5.75 Å². The lowest BCUT2D eigenvalue weighted by Gasteiger charge is -2.43. The normalized spacial score (nSPS) is 26.8. The number of likely N-dealkylation sites (N-methyl/N-ethyl adjacent to an activating group) is 1. The van der Waals surface area contributed by atoms with Gasteiger partial charge in [-0.15, -0.1) is 0 Å². The minimum absolute atomic E-state index is 0.146. The zero-order valence-corrected chi connectivity index (χ0v) is 12.7. The average Bonchev–Trinajstić information content (AvgIpc) is 2.31. The van der Waals surface area contributed by atoms with Crippen molar-refractivity contribution >= 4 is 15.9 Å². The van der Waals surface area contributed by atoms with Gasteiger partial charge in [0.05, 0.1) is 0 Å². The molecule has 1 N–H and O–H groups in total. The van der Waals surface area contributed by atoms with E-state index in [-0.39, 0.29) is 12.2 Å². The summed E-state index contributed by atoms with van der Waals surface area (Å²) in [5.74, 6) is 0.945. The van der Waals surface area contributed by atoms with E-state index in [1.165, 1.54) is 0 Å². The monoisotopic (exact) mass is 313 g/mol. The Hall–Kier alpha value is -0.580. The van der Waals surface area contributed by atoms with E-state index in [4.69, 9.17) is 9.47 Å². The highest BCUT2D eigenvalue weighted by Crippen LogP contribution is 2.31. The molecule has 0 amide bonds. The molecule has 3 atom stereocenters. The van der Waals surface area contributed by atoms with Gasteiger partial charge in [-0.3, -0.25) is 0 Å². The van der Waals surface area contributed by atoms with Crippen LogP contribution in [0.5, 0.6) is 5.75 Å². The van der Waals surface area contributed by atoms with E-state index in [1.807, 2.05) is 12.1 Å². The maximum Gasteiger partial charge on any atom is 0.128 e. The standard InChI is InChI=1S/C14H20BrNO2/c1-4-16-11-8-13(14(11)17-3)18-12-6-5-10(15)7-9(12)2/h5-7,11,13-14,16H,4,8H2,1-3H3. The van der Waals surface area contributed by atoms with Crippen LogP contribution in [0.3, 0.4) is 0 Å². The molecule has 1 fully saturated rings. The molecular formula is C14H20BrNO2. The van der Waals surface area contributed by atoms with Crippen LogP contribution < -0.4 is 10.1 Å². The molecule has 0 aliphatic heterocycles. The van der Waals surface area contributed by atoms with Crippen molar-refractivity contribution in [2.24, 2.45) is 0 Å². The van der Waals surface area contributed by atoms with Gasteiger partial charge in [-0.05, 0) is 37.2 Å². The molecule has 2 rings (SSSR count). The molecule has 1 aromatic carbocycles. The van der Waals surface area contributed by atoms with Crippen LogP contribution in [-0.2, 0) is 4.74 Å². The molecule has 4 heteroatoms. The molecule has 18 heavy (non-hydrogen) atoms. The van der Waals surface area contributed by atoms with Crippen LogP contribution in [0.2, 0.25) is 0 Å². The van der Waals surface area contributed by atoms with Gasteiger partial charge in [0, 0.05) is 24.0 Å². The Balaban J connectivity index is 1.98. The summed E-state index contributed by atoms with van der Waals surface area (Å²) in [6.07, 6.45) is 1.30. The fourth-order valence-electron chi connectivity index (χ4n) is 2.38. The number of hydrogen-bond donors (Lipinski definition) is 1. The van der Waals surface area contributed by atoms with Crippen molar-refractivity contribution in [2.75, 3.05) is 13.7 Å². The highest BCUT2D eigenvalue weighted by atomic mass is 79.9. The second-order valence-electron chi connectivity index (χ2n) is 4.67. The van der Waals surface area contributed by atoms with Crippen LogP contribution in [0.4, 0.5) is 0 Å². The summed E-state index contributed by atoms with van der Waals surface area (Å²) in [5.41, 5.74) is 1.14. The lowest BCUT2D eigenvalue weighted by molar-refractivity contribution is -0.0886. The Bertz CT molecular complexity index is 411. The SMILES string of the molecule is CCNC1CC(Oc2ccc(Br)cc2C)C1OC. The molecule has 1 saturated carbocycles. The Morgan fingerprint density at radius 1 is 1.44 bits per heavy atom. The number of benzene rings is 1. The Morgan fingerprint density at radius 3 is 2.83 bits per heavy atom. The number of hydrogen-bond acceptors (Lipinski definition) is 3. The van der Waals surface area contributed by atoms with E-state index in [0.717, 1.165) is 28.8 Å². The maximum atomic E-state index is 6.03. The molecule has 1 aromatic rings. The molecule has 1 aliphatic carbocycles. The molecule has 3 nitrogen and oxygen atoms in total. The predicted molar refractivity (Wildman–Crippen MR) is 76.2 cm³/mol. The van der Waals surface area contributed by atoms with Gasteiger partial charge in [-0.1, -0.05) is 22.9 Å². The highest BCUT2D eigenvalue weighted by Gasteiger charge is 2.42. The number of nitrogens with one attached hydrogen (secondary N) is 1. The molecule has 0 heterocycles. The van der Waals surface area contributed by atoms with Gasteiger partial charge >= 0.3 is 0 Å². The third kappa shape index (κ3) is 2.87. The molecule has 0 aromatic heterocycles. The fraction of sp³-hybridized carbons (Fsp3) is 0.571. The molecule has 100 valence electrons. The first-order chi connectivity index (χ1) is 8.65. The van der Waals surface area contributed by atoms with Gasteiger partial charge in [0.2, 0.25) is 0 Å². The second-order valence-corrected chi connectivity index (χ2v) is 5.58. The van der Waals surface area contributed by atoms with Crippen molar-refractivity contribution in [3.05, 3.63) is 28.2 Å². The molecule has 3 unspecified atom stereocenters. The van der Waals surface area contributed by atoms with Crippen molar-refractivity contribution in [1.29, 1.82) is 0 Å². The van der Waals surface area contributed by atoms with Gasteiger partial charge in [-0.25, -0.2) is 0 Å². The number of methoxy groups -OCH3 is 1. The minimum Gasteiger partial charge on any atom is -0.487 e. The van der Waals surface area contributed by atoms with Crippen LogP contribution in [0.15, 0.2) is 22.7 Å². The van der Waals surface area contributed by atoms with Crippen molar-refractivity contribution in [1.82, 2.24) is 5.32 Å². The Labute approximate surface area is 117 Å². The number of rotatable bonds is 5. The molecule has 0 radical (unpaired) electrons. The zero-order chi connectivity index (χ0) is 13.1. The quantitative estimate of drug-likeness (QED) is 0.906. The van der Waals surface area contributed by atoms with E-state index in [0.29, 0.717) is 6.04 Å². The van der Waals surface area contributed by atoms with E-state index in [9.17, 15) is 0 Å². The van der Waals surface area contributed by atoms with Crippen molar-refractivity contribution in [2.45, 2.75) is 38.5 Å². The second kappa shape index (κ2) is 6.04. The van der Waals surface area contributed by atoms with E-state index >= 15 is 0 Å². The Kier molecular flexibility index (Phi) is 4.65. The predicted octanol–water partition coefficient (Wildman–Crippen LogP) is 2.90. The largest absolute Gasteiger partial charge is 0.487 e. The summed E-state index contributed by atoms with van der Waals surface area (Å²) in [5, 5.41) is 3.41. The summed E-state index contributed by atoms with van der Waals surface area (Å²) in [4.78, 5) is 0. The van der Waals surface area contributed by atoms with Crippen molar-refractivity contribution in [3.63, 3.8) is 0 Å². The van der Waals surface area contributed by atoms with Crippen LogP contribution in [0.25, 0.3) is 0 Å². The summed E-state index contributed by atoms with van der Waals surface area (Å²) >= 11 is 3.46. The van der Waals surface area contributed by atoms with Crippen LogP contribution in [0.1, 0.15) is 18.9 Å². The molecular weight excluding hydrogens is 294 g/mol. The van der Waals surface area contributed by atoms with E-state index in [1.54, 1.807) is 7.11 Å². The van der Waals surface area contributed by atoms with Crippen molar-refractivity contribution < 1.29 is 9.47 Å². The number of aryl methyl sites for hydroxylation is 1. The lowest BCUT2D eigenvalue weighted by Crippen LogP contribution is -2.60. The zero-order valence-electron chi connectivity index (χ0n) is 11.1. The van der Waals surface area contributed by atoms with Gasteiger partial charge in [0.25, 0.3) is 0 Å². The van der Waals surface area contributed by atoms with Crippen LogP contribution >= 0.6 is 15.9 Å². The smallest absolute Gasteiger partial charge is 0.128 e. The first kappa shape index (κ1) is 13.8. The fourth-order valence-corrected chi connectivity index (χ4v) is 2.86. The van der Waals surface area contributed by atoms with Crippen LogP contribution in [0, 0.1) is 6.92 Å². The average molecular weight is 314 g/mol. The topological polar surface area (TPSA) is 30.5 Å². The summed E-state index contributed by atoms with van der Waals surface area (Å²) < 4.78 is 12.6. The Morgan fingerprint density at radius 2 is 2.22 bits per heavy atom. The van der Waals surface area contributed by atoms with E-state index < -0.39 is 0 Å². The van der Waals surface area contributed by atoms with Gasteiger partial charge in [0.15, 0.2) is 0 Å². The summed E-state index contributed by atoms with van der Waals surface area (Å²) in [7, 11) is 1.75. The summed E-state index contributed by atoms with van der Waals surface area (Å²) in [6, 6.07) is 6.50. The third-order valence-corrected chi connectivity index (χ3v) is 3.90. The number of ether oxygens (including phenoxy) is 2. The molecule has 0 spiro atoms. The summed E-state index contributed by atoms with van der Waals surface area (Å²) in [6.45, 7) is 5.14. The lowest BCUT2D eigenvalue weighted by atomic mass is 9.85. The van der Waals surface area contributed by atoms with Crippen LogP contribution in [-0.4, -0.2) is 31.9 Å². The van der Waals surface area contributed by atoms with E-state index in [2.05, 4.69) is 41.2 Å². The van der Waals surface area contributed by atoms with Gasteiger partial charge in [0.1, 0.15) is 18.0 Å². The molecule has 0 saturated heterocycles. The highest BCUT2D eigenvalue weighted by molar-refractivity contribution is 9.10. The van der Waals surface area contributed by atoms with Gasteiger partial charge < -0.3 is 14.8 Å². The minimum atomic E-state index is 0.146. The first-order valence-corrected chi connectivity index (χ1v) is 7.14. The maximum absolute atomic E-state index is 6.03. The molecule has 0 bridgehead atoms. The van der Waals surface area contributed by atoms with Gasteiger partial charge in [-0.2, -0.15) is 0 Å². The number of halogens is 1. The first-order valence-electron chi connectivity index (χ1n) is 6.34. The third-order valence-electron chi connectivity index (χ3n) is 3.40.